The van der Waals surface area contributed by atoms with Crippen molar-refractivity contribution in [1.29, 1.82) is 5.26 Å². The van der Waals surface area contributed by atoms with Crippen LogP contribution in [0, 0.1) is 17.1 Å². The van der Waals surface area contributed by atoms with Gasteiger partial charge in [0.05, 0.1) is 18.9 Å². The molecule has 1 amide bonds. The van der Waals surface area contributed by atoms with E-state index in [4.69, 9.17) is 9.47 Å². The number of halogens is 1. The van der Waals surface area contributed by atoms with Gasteiger partial charge in [0.15, 0.2) is 11.6 Å². The van der Waals surface area contributed by atoms with Crippen molar-refractivity contribution in [1.82, 2.24) is 15.1 Å². The van der Waals surface area contributed by atoms with Gasteiger partial charge in [-0.2, -0.15) is 10.4 Å². The van der Waals surface area contributed by atoms with Crippen LogP contribution >= 0.6 is 0 Å². The molecule has 1 fully saturated rings. The van der Waals surface area contributed by atoms with Crippen LogP contribution in [-0.4, -0.2) is 42.1 Å². The number of nitrogens with one attached hydrogen (secondary N) is 1. The van der Waals surface area contributed by atoms with E-state index in [9.17, 15) is 14.4 Å². The summed E-state index contributed by atoms with van der Waals surface area (Å²) in [4.78, 5) is 12.6. The highest BCUT2D eigenvalue weighted by atomic mass is 19.1. The molecule has 1 aliphatic rings. The molecule has 33 heavy (non-hydrogen) atoms. The van der Waals surface area contributed by atoms with Crippen molar-refractivity contribution in [3.05, 3.63) is 71.7 Å². The van der Waals surface area contributed by atoms with Gasteiger partial charge in [-0.3, -0.25) is 4.79 Å². The van der Waals surface area contributed by atoms with Crippen LogP contribution < -0.4 is 10.1 Å². The van der Waals surface area contributed by atoms with Crippen molar-refractivity contribution >= 4 is 12.0 Å². The van der Waals surface area contributed by atoms with Crippen LogP contribution in [0.5, 0.6) is 5.75 Å². The first-order valence-corrected chi connectivity index (χ1v) is 10.6. The van der Waals surface area contributed by atoms with Gasteiger partial charge in [-0.05, 0) is 49.2 Å². The van der Waals surface area contributed by atoms with Crippen molar-refractivity contribution in [2.24, 2.45) is 0 Å². The predicted molar refractivity (Wildman–Crippen MR) is 121 cm³/mol. The molecule has 7 nitrogen and oxygen atoms in total. The van der Waals surface area contributed by atoms with Gasteiger partial charge < -0.3 is 14.8 Å². The summed E-state index contributed by atoms with van der Waals surface area (Å²) in [5.41, 5.74) is 2.14. The van der Waals surface area contributed by atoms with Gasteiger partial charge in [0.2, 0.25) is 0 Å². The minimum absolute atomic E-state index is 0.0347. The fourth-order valence-electron chi connectivity index (χ4n) is 3.66. The van der Waals surface area contributed by atoms with Gasteiger partial charge in [0, 0.05) is 30.5 Å². The van der Waals surface area contributed by atoms with Crippen LogP contribution in [0.4, 0.5) is 4.39 Å². The monoisotopic (exact) mass is 446 g/mol. The van der Waals surface area contributed by atoms with E-state index in [1.807, 2.05) is 36.4 Å². The van der Waals surface area contributed by atoms with Crippen molar-refractivity contribution in [2.75, 3.05) is 20.3 Å². The number of aromatic nitrogens is 2. The minimum atomic E-state index is -0.533. The molecule has 3 aromatic rings. The van der Waals surface area contributed by atoms with E-state index < -0.39 is 11.7 Å². The normalized spacial score (nSPS) is 15.8. The van der Waals surface area contributed by atoms with Gasteiger partial charge >= 0.3 is 0 Å². The molecular formula is C25H23FN4O3. The summed E-state index contributed by atoms with van der Waals surface area (Å²) in [5.74, 6) is -0.911. The first kappa shape index (κ1) is 22.2. The number of carbonyl (C=O) groups excluding carboxylic acids is 1. The highest BCUT2D eigenvalue weighted by molar-refractivity contribution is 6.02. The number of nitriles is 1. The topological polar surface area (TPSA) is 89.2 Å². The zero-order valence-electron chi connectivity index (χ0n) is 18.1. The first-order chi connectivity index (χ1) is 16.1. The molecule has 1 aliphatic heterocycles. The summed E-state index contributed by atoms with van der Waals surface area (Å²) in [6, 6.07) is 15.9. The number of hydrogen-bond acceptors (Lipinski definition) is 5. The largest absolute Gasteiger partial charge is 0.494 e. The lowest BCUT2D eigenvalue weighted by Crippen LogP contribution is -2.32. The Kier molecular flexibility index (Phi) is 6.81. The molecule has 0 aliphatic carbocycles. The molecule has 0 unspecified atom stereocenters. The molecule has 8 heteroatoms. The molecule has 0 radical (unpaired) electrons. The Hall–Kier alpha value is -3.96. The van der Waals surface area contributed by atoms with E-state index in [-0.39, 0.29) is 17.4 Å². The molecule has 0 bridgehead atoms. The Labute approximate surface area is 191 Å². The molecule has 4 rings (SSSR count). The van der Waals surface area contributed by atoms with Gasteiger partial charge in [-0.25, -0.2) is 9.07 Å². The van der Waals surface area contributed by atoms with Crippen LogP contribution in [0.15, 0.2) is 60.3 Å². The fraction of sp³-hybridized carbons (Fsp3) is 0.240. The van der Waals surface area contributed by atoms with Crippen LogP contribution in [0.3, 0.4) is 0 Å². The van der Waals surface area contributed by atoms with Crippen molar-refractivity contribution in [2.45, 2.75) is 18.9 Å². The number of ether oxygens (including phenoxy) is 2. The van der Waals surface area contributed by atoms with Crippen LogP contribution in [0.25, 0.3) is 23.0 Å². The summed E-state index contributed by atoms with van der Waals surface area (Å²) in [5, 5.41) is 17.0. The summed E-state index contributed by atoms with van der Waals surface area (Å²) >= 11 is 0. The number of carbonyl (C=O) groups is 1. The maximum atomic E-state index is 14.4. The van der Waals surface area contributed by atoms with E-state index in [1.165, 1.54) is 25.3 Å². The van der Waals surface area contributed by atoms with Gasteiger partial charge in [-0.15, -0.1) is 0 Å². The van der Waals surface area contributed by atoms with Crippen molar-refractivity contribution in [3.63, 3.8) is 0 Å². The Morgan fingerprint density at radius 3 is 2.85 bits per heavy atom. The van der Waals surface area contributed by atoms with Gasteiger partial charge in [0.25, 0.3) is 5.91 Å². The number of benzene rings is 2. The lowest BCUT2D eigenvalue weighted by atomic mass is 10.1. The second-order valence-electron chi connectivity index (χ2n) is 7.58. The zero-order valence-corrected chi connectivity index (χ0v) is 18.1. The predicted octanol–water partition coefficient (Wildman–Crippen LogP) is 3.89. The lowest BCUT2D eigenvalue weighted by molar-refractivity contribution is -0.117. The van der Waals surface area contributed by atoms with Gasteiger partial charge in [-0.1, -0.05) is 18.2 Å². The molecule has 2 heterocycles. The molecule has 1 saturated heterocycles. The Bertz CT molecular complexity index is 1210. The average Bonchev–Trinajstić information content (AvgIpc) is 3.51. The van der Waals surface area contributed by atoms with E-state index in [1.54, 1.807) is 16.9 Å². The maximum absolute atomic E-state index is 14.4. The summed E-state index contributed by atoms with van der Waals surface area (Å²) in [6.45, 7) is 1.03. The van der Waals surface area contributed by atoms with Crippen LogP contribution in [-0.2, 0) is 9.53 Å². The molecule has 1 N–H and O–H groups in total. The zero-order chi connectivity index (χ0) is 23.2. The fourth-order valence-corrected chi connectivity index (χ4v) is 3.66. The quantitative estimate of drug-likeness (QED) is 0.439. The molecule has 2 aromatic carbocycles. The SMILES string of the molecule is COc1ccc(-c2nn(-c3ccccc3)cc2/C=C(\C#N)C(=O)NC[C@H]2CCCO2)cc1F. The third-order valence-electron chi connectivity index (χ3n) is 5.37. The Balaban J connectivity index is 1.70. The number of amides is 1. The highest BCUT2D eigenvalue weighted by Gasteiger charge is 2.19. The molecular weight excluding hydrogens is 423 g/mol. The Morgan fingerprint density at radius 2 is 2.18 bits per heavy atom. The molecule has 168 valence electrons. The third kappa shape index (κ3) is 5.10. The number of para-hydroxylation sites is 1. The number of hydrogen-bond donors (Lipinski definition) is 1. The van der Waals surface area contributed by atoms with E-state index in [0.29, 0.717) is 30.0 Å². The maximum Gasteiger partial charge on any atom is 0.262 e. The number of rotatable bonds is 7. The summed E-state index contributed by atoms with van der Waals surface area (Å²) < 4.78 is 26.5. The lowest BCUT2D eigenvalue weighted by Gasteiger charge is -2.10. The summed E-state index contributed by atoms with van der Waals surface area (Å²) in [6.07, 6.45) is 4.98. The molecule has 0 saturated carbocycles. The Morgan fingerprint density at radius 1 is 1.36 bits per heavy atom. The van der Waals surface area contributed by atoms with E-state index in [2.05, 4.69) is 10.4 Å². The summed E-state index contributed by atoms with van der Waals surface area (Å²) in [7, 11) is 1.39. The second-order valence-corrected chi connectivity index (χ2v) is 7.58. The standard InChI is InChI=1S/C25H23FN4O3/c1-32-23-10-9-17(13-22(23)26)24-19(16-30(29-24)20-6-3-2-4-7-20)12-18(14-27)25(31)28-15-21-8-5-11-33-21/h2-4,6-7,9-10,12-13,16,21H,5,8,11,15H2,1H3,(H,28,31)/b18-12+/t21-/m1/s1. The van der Waals surface area contributed by atoms with E-state index in [0.717, 1.165) is 18.5 Å². The number of methoxy groups -OCH3 is 1. The van der Waals surface area contributed by atoms with Crippen LogP contribution in [0.2, 0.25) is 0 Å². The third-order valence-corrected chi connectivity index (χ3v) is 5.37. The average molecular weight is 446 g/mol. The molecule has 1 aromatic heterocycles. The first-order valence-electron chi connectivity index (χ1n) is 10.6. The second kappa shape index (κ2) is 10.1. The van der Waals surface area contributed by atoms with Crippen molar-refractivity contribution in [3.8, 4) is 28.8 Å². The minimum Gasteiger partial charge on any atom is -0.494 e. The van der Waals surface area contributed by atoms with Gasteiger partial charge in [0.1, 0.15) is 17.3 Å². The van der Waals surface area contributed by atoms with Crippen molar-refractivity contribution < 1.29 is 18.7 Å². The van der Waals surface area contributed by atoms with E-state index >= 15 is 0 Å². The number of nitrogens with zero attached hydrogens (tertiary/aromatic N) is 3. The highest BCUT2D eigenvalue weighted by Crippen LogP contribution is 2.29. The molecule has 1 atom stereocenters. The van der Waals surface area contributed by atoms with Crippen LogP contribution in [0.1, 0.15) is 18.4 Å². The smallest absolute Gasteiger partial charge is 0.262 e. The molecule has 0 spiro atoms.